The van der Waals surface area contributed by atoms with Gasteiger partial charge < -0.3 is 0 Å². The number of hydrogen-bond donors (Lipinski definition) is 0. The largest absolute Gasteiger partial charge is 0.198 e. The van der Waals surface area contributed by atoms with Gasteiger partial charge in [-0.3, -0.25) is 0 Å². The van der Waals surface area contributed by atoms with Gasteiger partial charge in [0.05, 0.1) is 6.07 Å². The Labute approximate surface area is 62.0 Å². The molecular weight excluding hydrogens is 122 g/mol. The molecule has 1 spiro atoms. The first-order valence-corrected chi connectivity index (χ1v) is 4.24. The lowest BCUT2D eigenvalue weighted by atomic mass is 9.61. The molecule has 1 heteroatoms. The van der Waals surface area contributed by atoms with Gasteiger partial charge in [-0.15, -0.1) is 0 Å². The summed E-state index contributed by atoms with van der Waals surface area (Å²) >= 11 is 0. The summed E-state index contributed by atoms with van der Waals surface area (Å²) < 4.78 is 0. The van der Waals surface area contributed by atoms with Crippen LogP contribution in [0.2, 0.25) is 0 Å². The van der Waals surface area contributed by atoms with Gasteiger partial charge in [-0.2, -0.15) is 5.26 Å². The molecule has 0 atom stereocenters. The molecule has 2 aliphatic rings. The molecular formula is C9H13N. The standard InChI is InChI=1S/C9H13N/c10-7-8-5-9(6-8)3-1-2-4-9/h8H,1-6H2. The van der Waals surface area contributed by atoms with E-state index in [1.165, 1.54) is 38.5 Å². The summed E-state index contributed by atoms with van der Waals surface area (Å²) in [6.45, 7) is 0. The Bertz CT molecular complexity index is 164. The monoisotopic (exact) mass is 135 g/mol. The zero-order chi connectivity index (χ0) is 7.03. The van der Waals surface area contributed by atoms with E-state index in [-0.39, 0.29) is 0 Å². The van der Waals surface area contributed by atoms with E-state index >= 15 is 0 Å². The van der Waals surface area contributed by atoms with Crippen molar-refractivity contribution in [3.63, 3.8) is 0 Å². The first-order valence-electron chi connectivity index (χ1n) is 4.24. The van der Waals surface area contributed by atoms with Gasteiger partial charge in [0.1, 0.15) is 0 Å². The van der Waals surface area contributed by atoms with Gasteiger partial charge in [-0.05, 0) is 31.1 Å². The fourth-order valence-corrected chi connectivity index (χ4v) is 2.61. The molecule has 0 amide bonds. The Morgan fingerprint density at radius 2 is 1.80 bits per heavy atom. The Hall–Kier alpha value is -0.510. The number of nitrogens with zero attached hydrogens (tertiary/aromatic N) is 1. The number of hydrogen-bond acceptors (Lipinski definition) is 1. The van der Waals surface area contributed by atoms with Crippen molar-refractivity contribution in [1.82, 2.24) is 0 Å². The third-order valence-corrected chi connectivity index (χ3v) is 3.21. The lowest BCUT2D eigenvalue weighted by Gasteiger charge is -2.42. The first-order chi connectivity index (χ1) is 4.85. The van der Waals surface area contributed by atoms with Gasteiger partial charge in [-0.1, -0.05) is 12.8 Å². The van der Waals surface area contributed by atoms with Gasteiger partial charge in [0.2, 0.25) is 0 Å². The molecule has 2 fully saturated rings. The van der Waals surface area contributed by atoms with Crippen LogP contribution in [0.15, 0.2) is 0 Å². The minimum atomic E-state index is 0.415. The van der Waals surface area contributed by atoms with E-state index < -0.39 is 0 Å². The molecule has 0 heterocycles. The highest BCUT2D eigenvalue weighted by Gasteiger charge is 2.45. The van der Waals surface area contributed by atoms with E-state index in [0.717, 1.165) is 0 Å². The molecule has 2 saturated carbocycles. The van der Waals surface area contributed by atoms with Crippen LogP contribution in [0.5, 0.6) is 0 Å². The Morgan fingerprint density at radius 3 is 2.30 bits per heavy atom. The lowest BCUT2D eigenvalue weighted by Crippen LogP contribution is -2.33. The molecule has 54 valence electrons. The molecule has 0 aliphatic heterocycles. The van der Waals surface area contributed by atoms with Crippen molar-refractivity contribution >= 4 is 0 Å². The van der Waals surface area contributed by atoms with Crippen LogP contribution < -0.4 is 0 Å². The van der Waals surface area contributed by atoms with Crippen LogP contribution in [-0.2, 0) is 0 Å². The fourth-order valence-electron chi connectivity index (χ4n) is 2.61. The molecule has 0 aromatic heterocycles. The van der Waals surface area contributed by atoms with Gasteiger partial charge in [0.25, 0.3) is 0 Å². The lowest BCUT2D eigenvalue weighted by molar-refractivity contribution is 0.0966. The van der Waals surface area contributed by atoms with Gasteiger partial charge >= 0.3 is 0 Å². The second-order valence-corrected chi connectivity index (χ2v) is 3.94. The molecule has 0 bridgehead atoms. The summed E-state index contributed by atoms with van der Waals surface area (Å²) in [5.74, 6) is 0.415. The highest BCUT2D eigenvalue weighted by molar-refractivity contribution is 5.04. The minimum absolute atomic E-state index is 0.415. The smallest absolute Gasteiger partial charge is 0.0656 e. The molecule has 0 N–H and O–H groups in total. The van der Waals surface area contributed by atoms with E-state index in [0.29, 0.717) is 11.3 Å². The molecule has 0 saturated heterocycles. The van der Waals surface area contributed by atoms with Crippen LogP contribution >= 0.6 is 0 Å². The predicted molar refractivity (Wildman–Crippen MR) is 39.2 cm³/mol. The maximum absolute atomic E-state index is 8.58. The third-order valence-electron chi connectivity index (χ3n) is 3.21. The quantitative estimate of drug-likeness (QED) is 0.500. The van der Waals surface area contributed by atoms with Gasteiger partial charge in [0.15, 0.2) is 0 Å². The summed E-state index contributed by atoms with van der Waals surface area (Å²) in [6, 6.07) is 2.35. The molecule has 0 aromatic carbocycles. The van der Waals surface area contributed by atoms with Crippen LogP contribution in [0.4, 0.5) is 0 Å². The van der Waals surface area contributed by atoms with E-state index in [4.69, 9.17) is 5.26 Å². The van der Waals surface area contributed by atoms with E-state index in [1.807, 2.05) is 0 Å². The number of rotatable bonds is 0. The summed E-state index contributed by atoms with van der Waals surface area (Å²) in [6.07, 6.45) is 8.07. The van der Waals surface area contributed by atoms with Crippen LogP contribution in [0, 0.1) is 22.7 Å². The van der Waals surface area contributed by atoms with Crippen molar-refractivity contribution in [3.05, 3.63) is 0 Å². The molecule has 1 nitrogen and oxygen atoms in total. The topological polar surface area (TPSA) is 23.8 Å². The van der Waals surface area contributed by atoms with Crippen molar-refractivity contribution in [1.29, 1.82) is 5.26 Å². The first kappa shape index (κ1) is 6.22. The SMILES string of the molecule is N#CC1CC2(CCCC2)C1. The minimum Gasteiger partial charge on any atom is -0.198 e. The Balaban J connectivity index is 1.94. The second-order valence-electron chi connectivity index (χ2n) is 3.94. The average molecular weight is 135 g/mol. The van der Waals surface area contributed by atoms with Crippen LogP contribution in [0.3, 0.4) is 0 Å². The summed E-state index contributed by atoms with van der Waals surface area (Å²) in [7, 11) is 0. The Kier molecular flexibility index (Phi) is 1.23. The Morgan fingerprint density at radius 1 is 1.20 bits per heavy atom. The average Bonchev–Trinajstić information content (AvgIpc) is 2.30. The highest BCUT2D eigenvalue weighted by Crippen LogP contribution is 2.55. The summed E-state index contributed by atoms with van der Waals surface area (Å²) in [5.41, 5.74) is 0.667. The van der Waals surface area contributed by atoms with Crippen molar-refractivity contribution in [2.45, 2.75) is 38.5 Å². The van der Waals surface area contributed by atoms with Crippen molar-refractivity contribution in [3.8, 4) is 6.07 Å². The number of nitriles is 1. The molecule has 0 unspecified atom stereocenters. The second kappa shape index (κ2) is 1.99. The van der Waals surface area contributed by atoms with Gasteiger partial charge in [-0.25, -0.2) is 0 Å². The summed E-state index contributed by atoms with van der Waals surface area (Å²) in [5, 5.41) is 8.58. The maximum Gasteiger partial charge on any atom is 0.0656 e. The normalized spacial score (nSPS) is 29.9. The van der Waals surface area contributed by atoms with Gasteiger partial charge in [0, 0.05) is 5.92 Å². The van der Waals surface area contributed by atoms with E-state index in [2.05, 4.69) is 6.07 Å². The highest BCUT2D eigenvalue weighted by atomic mass is 14.5. The third kappa shape index (κ3) is 0.751. The van der Waals surface area contributed by atoms with Crippen LogP contribution in [0.25, 0.3) is 0 Å². The fraction of sp³-hybridized carbons (Fsp3) is 0.889. The zero-order valence-corrected chi connectivity index (χ0v) is 6.27. The van der Waals surface area contributed by atoms with Crippen molar-refractivity contribution < 1.29 is 0 Å². The van der Waals surface area contributed by atoms with Crippen molar-refractivity contribution in [2.75, 3.05) is 0 Å². The van der Waals surface area contributed by atoms with Crippen molar-refractivity contribution in [2.24, 2.45) is 11.3 Å². The van der Waals surface area contributed by atoms with E-state index in [9.17, 15) is 0 Å². The van der Waals surface area contributed by atoms with Crippen LogP contribution in [0.1, 0.15) is 38.5 Å². The van der Waals surface area contributed by atoms with E-state index in [1.54, 1.807) is 0 Å². The van der Waals surface area contributed by atoms with Crippen LogP contribution in [-0.4, -0.2) is 0 Å². The summed E-state index contributed by atoms with van der Waals surface area (Å²) in [4.78, 5) is 0. The zero-order valence-electron chi connectivity index (χ0n) is 6.27. The molecule has 0 radical (unpaired) electrons. The maximum atomic E-state index is 8.58. The molecule has 2 aliphatic carbocycles. The molecule has 10 heavy (non-hydrogen) atoms. The molecule has 0 aromatic rings. The predicted octanol–water partition coefficient (Wildman–Crippen LogP) is 2.48. The molecule has 2 rings (SSSR count).